The Bertz CT molecular complexity index is 428. The van der Waals surface area contributed by atoms with Gasteiger partial charge in [0.05, 0.1) is 23.8 Å². The second-order valence-electron chi connectivity index (χ2n) is 5.47. The second-order valence-corrected chi connectivity index (χ2v) is 5.88. The number of aromatic nitrogens is 2. The summed E-state index contributed by atoms with van der Waals surface area (Å²) < 4.78 is 1.64. The van der Waals surface area contributed by atoms with Crippen molar-refractivity contribution >= 4 is 17.4 Å². The van der Waals surface area contributed by atoms with Gasteiger partial charge >= 0.3 is 0 Å². The summed E-state index contributed by atoms with van der Waals surface area (Å²) in [5.74, 6) is 0.242. The van der Waals surface area contributed by atoms with Crippen LogP contribution in [0.1, 0.15) is 30.8 Å². The van der Waals surface area contributed by atoms with E-state index in [2.05, 4.69) is 5.10 Å². The first-order chi connectivity index (χ1) is 8.82. The van der Waals surface area contributed by atoms with Crippen LogP contribution in [0, 0.1) is 5.92 Å². The Morgan fingerprint density at radius 1 is 1.53 bits per heavy atom. The molecule has 0 saturated carbocycles. The van der Waals surface area contributed by atoms with Gasteiger partial charge in [-0.2, -0.15) is 5.10 Å². The smallest absolute Gasteiger partial charge is 0.199 e. The van der Waals surface area contributed by atoms with Crippen molar-refractivity contribution in [3.05, 3.63) is 16.9 Å². The number of rotatable bonds is 7. The first kappa shape index (κ1) is 16.1. The number of carbonyl (C=O) groups excluding carboxylic acids is 1. The van der Waals surface area contributed by atoms with Crippen LogP contribution in [-0.4, -0.2) is 47.1 Å². The molecule has 5 nitrogen and oxygen atoms in total. The third kappa shape index (κ3) is 4.60. The SMILES string of the molecule is CC(C)CC(N)C(=O)c1c(Cl)cnn1CCN(C)C. The Balaban J connectivity index is 2.86. The molecule has 0 radical (unpaired) electrons. The van der Waals surface area contributed by atoms with Gasteiger partial charge in [0.2, 0.25) is 0 Å². The molecule has 2 N–H and O–H groups in total. The lowest BCUT2D eigenvalue weighted by Gasteiger charge is -2.15. The molecule has 0 bridgehead atoms. The number of nitrogens with two attached hydrogens (primary N) is 1. The van der Waals surface area contributed by atoms with Gasteiger partial charge in [-0.15, -0.1) is 0 Å². The van der Waals surface area contributed by atoms with Crippen molar-refractivity contribution in [2.24, 2.45) is 11.7 Å². The topological polar surface area (TPSA) is 64.2 Å². The van der Waals surface area contributed by atoms with Crippen LogP contribution >= 0.6 is 11.6 Å². The van der Waals surface area contributed by atoms with Crippen LogP contribution in [0.15, 0.2) is 6.20 Å². The normalized spacial score (nSPS) is 13.3. The van der Waals surface area contributed by atoms with E-state index in [1.807, 2.05) is 32.8 Å². The Morgan fingerprint density at radius 2 is 2.16 bits per heavy atom. The standard InChI is InChI=1S/C13H23ClN4O/c1-9(2)7-11(15)13(19)12-10(14)8-16-18(12)6-5-17(3)4/h8-9,11H,5-7,15H2,1-4H3. The highest BCUT2D eigenvalue weighted by atomic mass is 35.5. The summed E-state index contributed by atoms with van der Waals surface area (Å²) in [7, 11) is 3.94. The van der Waals surface area contributed by atoms with E-state index >= 15 is 0 Å². The monoisotopic (exact) mass is 286 g/mol. The zero-order valence-corrected chi connectivity index (χ0v) is 12.8. The molecule has 1 unspecified atom stereocenters. The maximum absolute atomic E-state index is 12.3. The van der Waals surface area contributed by atoms with Gasteiger partial charge in [0.15, 0.2) is 5.78 Å². The summed E-state index contributed by atoms with van der Waals surface area (Å²) in [4.78, 5) is 14.4. The van der Waals surface area contributed by atoms with Gasteiger partial charge in [0.25, 0.3) is 0 Å². The van der Waals surface area contributed by atoms with E-state index in [-0.39, 0.29) is 5.78 Å². The number of hydrogen-bond donors (Lipinski definition) is 1. The third-order valence-electron chi connectivity index (χ3n) is 2.85. The molecular weight excluding hydrogens is 264 g/mol. The minimum Gasteiger partial charge on any atom is -0.321 e. The molecule has 0 amide bonds. The van der Waals surface area contributed by atoms with E-state index in [1.54, 1.807) is 4.68 Å². The molecule has 6 heteroatoms. The Kier molecular flexibility index (Phi) is 5.97. The highest BCUT2D eigenvalue weighted by Crippen LogP contribution is 2.18. The van der Waals surface area contributed by atoms with E-state index in [0.29, 0.717) is 29.6 Å². The van der Waals surface area contributed by atoms with E-state index < -0.39 is 6.04 Å². The molecule has 1 rings (SSSR count). The summed E-state index contributed by atoms with van der Waals surface area (Å²) in [5.41, 5.74) is 6.37. The summed E-state index contributed by atoms with van der Waals surface area (Å²) in [6.45, 7) is 5.49. The first-order valence-corrected chi connectivity index (χ1v) is 6.86. The minimum atomic E-state index is -0.521. The Morgan fingerprint density at radius 3 is 2.68 bits per heavy atom. The van der Waals surface area contributed by atoms with Crippen molar-refractivity contribution in [1.29, 1.82) is 0 Å². The lowest BCUT2D eigenvalue weighted by Crippen LogP contribution is -2.34. The molecule has 1 heterocycles. The quantitative estimate of drug-likeness (QED) is 0.774. The predicted molar refractivity (Wildman–Crippen MR) is 77.6 cm³/mol. The van der Waals surface area contributed by atoms with Crippen molar-refractivity contribution in [1.82, 2.24) is 14.7 Å². The van der Waals surface area contributed by atoms with Crippen LogP contribution < -0.4 is 5.73 Å². The number of halogens is 1. The minimum absolute atomic E-state index is 0.130. The van der Waals surface area contributed by atoms with Crippen molar-refractivity contribution in [2.45, 2.75) is 32.9 Å². The average molecular weight is 287 g/mol. The molecule has 0 spiro atoms. The summed E-state index contributed by atoms with van der Waals surface area (Å²) in [5, 5.41) is 4.53. The molecule has 0 aromatic carbocycles. The van der Waals surface area contributed by atoms with Crippen LogP contribution in [0.5, 0.6) is 0 Å². The van der Waals surface area contributed by atoms with Gasteiger partial charge in [-0.3, -0.25) is 9.48 Å². The van der Waals surface area contributed by atoms with Crippen molar-refractivity contribution in [3.63, 3.8) is 0 Å². The van der Waals surface area contributed by atoms with E-state index in [4.69, 9.17) is 17.3 Å². The van der Waals surface area contributed by atoms with Crippen molar-refractivity contribution in [3.8, 4) is 0 Å². The fourth-order valence-corrected chi connectivity index (χ4v) is 2.10. The Hall–Kier alpha value is -0.910. The van der Waals surface area contributed by atoms with Crippen LogP contribution in [-0.2, 0) is 6.54 Å². The van der Waals surface area contributed by atoms with Gasteiger partial charge in [-0.1, -0.05) is 25.4 Å². The van der Waals surface area contributed by atoms with Crippen LogP contribution in [0.4, 0.5) is 0 Å². The molecule has 0 saturated heterocycles. The average Bonchev–Trinajstić information content (AvgIpc) is 2.66. The van der Waals surface area contributed by atoms with Gasteiger partial charge in [-0.25, -0.2) is 0 Å². The highest BCUT2D eigenvalue weighted by molar-refractivity contribution is 6.33. The summed E-state index contributed by atoms with van der Waals surface area (Å²) in [6, 6.07) is -0.521. The predicted octanol–water partition coefficient (Wildman–Crippen LogP) is 1.65. The van der Waals surface area contributed by atoms with Crippen LogP contribution in [0.3, 0.4) is 0 Å². The van der Waals surface area contributed by atoms with Gasteiger partial charge < -0.3 is 10.6 Å². The first-order valence-electron chi connectivity index (χ1n) is 6.48. The van der Waals surface area contributed by atoms with Crippen LogP contribution in [0.2, 0.25) is 5.02 Å². The lowest BCUT2D eigenvalue weighted by atomic mass is 9.99. The maximum atomic E-state index is 12.3. The van der Waals surface area contributed by atoms with E-state index in [0.717, 1.165) is 6.54 Å². The molecule has 0 fully saturated rings. The summed E-state index contributed by atoms with van der Waals surface area (Å²) in [6.07, 6.45) is 2.15. The van der Waals surface area contributed by atoms with Crippen molar-refractivity contribution < 1.29 is 4.79 Å². The van der Waals surface area contributed by atoms with Crippen LogP contribution in [0.25, 0.3) is 0 Å². The lowest BCUT2D eigenvalue weighted by molar-refractivity contribution is 0.0939. The molecule has 1 aromatic heterocycles. The fourth-order valence-electron chi connectivity index (χ4n) is 1.86. The van der Waals surface area contributed by atoms with Gasteiger partial charge in [0.1, 0.15) is 5.69 Å². The maximum Gasteiger partial charge on any atom is 0.199 e. The second kappa shape index (κ2) is 7.03. The molecule has 0 aliphatic rings. The zero-order valence-electron chi connectivity index (χ0n) is 12.1. The molecule has 1 aromatic rings. The Labute approximate surface area is 119 Å². The van der Waals surface area contributed by atoms with Crippen molar-refractivity contribution in [2.75, 3.05) is 20.6 Å². The number of nitrogens with zero attached hydrogens (tertiary/aromatic N) is 3. The number of hydrogen-bond acceptors (Lipinski definition) is 4. The van der Waals surface area contributed by atoms with E-state index in [1.165, 1.54) is 6.20 Å². The number of Topliss-reactive ketones (excluding diaryl/α,β-unsaturated/α-hetero) is 1. The molecule has 108 valence electrons. The molecule has 0 aliphatic heterocycles. The number of carbonyl (C=O) groups is 1. The largest absolute Gasteiger partial charge is 0.321 e. The summed E-state index contributed by atoms with van der Waals surface area (Å²) >= 11 is 6.06. The number of ketones is 1. The zero-order chi connectivity index (χ0) is 14.6. The molecular formula is C13H23ClN4O. The molecule has 19 heavy (non-hydrogen) atoms. The van der Waals surface area contributed by atoms with Gasteiger partial charge in [0, 0.05) is 6.54 Å². The number of likely N-dealkylation sites (N-methyl/N-ethyl adjacent to an activating group) is 1. The van der Waals surface area contributed by atoms with Gasteiger partial charge in [-0.05, 0) is 26.4 Å². The third-order valence-corrected chi connectivity index (χ3v) is 3.13. The molecule has 0 aliphatic carbocycles. The molecule has 1 atom stereocenters. The fraction of sp³-hybridized carbons (Fsp3) is 0.692. The highest BCUT2D eigenvalue weighted by Gasteiger charge is 2.23. The van der Waals surface area contributed by atoms with E-state index in [9.17, 15) is 4.79 Å².